The maximum atomic E-state index is 6.23. The Morgan fingerprint density at radius 2 is 0.527 bits per heavy atom. The summed E-state index contributed by atoms with van der Waals surface area (Å²) in [5, 5.41) is 17.7. The molecule has 8 nitrogen and oxygen atoms in total. The summed E-state index contributed by atoms with van der Waals surface area (Å²) in [5.74, 6) is 2.08. The van der Waals surface area contributed by atoms with Gasteiger partial charge in [0, 0.05) is 21.5 Å². The number of fused-ring (bicyclic) bond motifs is 12. The molecule has 0 saturated heterocycles. The second kappa shape index (κ2) is 15.5. The molecule has 0 spiro atoms. The zero-order valence-corrected chi connectivity index (χ0v) is 41.2. The van der Waals surface area contributed by atoms with Crippen LogP contribution in [0.5, 0.6) is 0 Å². The molecule has 350 valence electrons. The van der Waals surface area contributed by atoms with Gasteiger partial charge in [-0.2, -0.15) is 0 Å². The predicted octanol–water partition coefficient (Wildman–Crippen LogP) is 12.1. The first kappa shape index (κ1) is 41.2. The van der Waals surface area contributed by atoms with Crippen molar-refractivity contribution in [3.8, 4) is 11.1 Å². The molecule has 0 aliphatic carbocycles. The summed E-state index contributed by atoms with van der Waals surface area (Å²) < 4.78 is 48.0. The molecular formula is C64H38O8Si2. The van der Waals surface area contributed by atoms with Gasteiger partial charge in [-0.05, 0) is 125 Å². The maximum absolute atomic E-state index is 6.23. The van der Waals surface area contributed by atoms with Crippen LogP contribution >= 0.6 is 0 Å². The molecule has 0 saturated carbocycles. The normalized spacial score (nSPS) is 12.6. The Kier molecular flexibility index (Phi) is 8.63. The molecule has 0 atom stereocenters. The minimum absolute atomic E-state index is 0.519. The lowest BCUT2D eigenvalue weighted by Crippen LogP contribution is -2.74. The molecule has 0 aliphatic heterocycles. The Hall–Kier alpha value is -9.49. The first-order chi connectivity index (χ1) is 36.6. The van der Waals surface area contributed by atoms with Crippen molar-refractivity contribution in [1.82, 2.24) is 0 Å². The average Bonchev–Trinajstić information content (AvgIpc) is 4.34. The quantitative estimate of drug-likeness (QED) is 0.104. The molecule has 0 bridgehead atoms. The number of furan rings is 8. The maximum Gasteiger partial charge on any atom is 0.298 e. The van der Waals surface area contributed by atoms with Gasteiger partial charge < -0.3 is 35.3 Å². The van der Waals surface area contributed by atoms with Crippen LogP contribution in [0.25, 0.3) is 99.7 Å². The average molecular weight is 991 g/mol. The molecule has 0 amide bonds. The zero-order chi connectivity index (χ0) is 48.5. The van der Waals surface area contributed by atoms with Crippen molar-refractivity contribution in [2.45, 2.75) is 0 Å². The van der Waals surface area contributed by atoms with Gasteiger partial charge in [0.2, 0.25) is 0 Å². The highest BCUT2D eigenvalue weighted by atomic mass is 28.3. The van der Waals surface area contributed by atoms with Crippen LogP contribution < -0.4 is 41.5 Å². The van der Waals surface area contributed by atoms with E-state index in [0.29, 0.717) is 23.1 Å². The third-order valence-electron chi connectivity index (χ3n) is 15.5. The molecule has 74 heavy (non-hydrogen) atoms. The molecule has 10 heteroatoms. The second-order valence-electron chi connectivity index (χ2n) is 19.1. The van der Waals surface area contributed by atoms with Gasteiger partial charge in [0.15, 0.2) is 16.1 Å². The fourth-order valence-corrected chi connectivity index (χ4v) is 21.7. The van der Waals surface area contributed by atoms with E-state index in [1.165, 1.54) is 41.5 Å². The lowest BCUT2D eigenvalue weighted by atomic mass is 10.1. The fourth-order valence-electron chi connectivity index (χ4n) is 12.2. The molecule has 16 aromatic rings. The van der Waals surface area contributed by atoms with Gasteiger partial charge >= 0.3 is 0 Å². The third-order valence-corrected chi connectivity index (χ3v) is 25.0. The molecule has 16 rings (SSSR count). The number of benzene rings is 8. The second-order valence-corrected chi connectivity index (χ2v) is 26.7. The molecule has 8 heterocycles. The van der Waals surface area contributed by atoms with E-state index in [-0.39, 0.29) is 0 Å². The van der Waals surface area contributed by atoms with Crippen molar-refractivity contribution < 1.29 is 35.3 Å². The standard InChI is InChI=1S/C64H38O8Si2/c1-3-9-41(10-4-1)73(45-18-22-57-53(35-45)49-26-30-65-61(49)69-57,46-19-23-58-54(36-46)50-27-31-66-62(50)70-58)43-16-14-39(15-17-43)40-8-7-13-44(34-40)74(42-11-5-2-6-12-42,47-20-24-59-55(37-47)51-28-32-67-63(51)71-59)48-21-25-60-56(38-48)52-29-33-68-64(52)72-60/h1-38H. The van der Waals surface area contributed by atoms with Crippen LogP contribution in [0.4, 0.5) is 0 Å². The van der Waals surface area contributed by atoms with Crippen molar-refractivity contribution >= 4 is 146 Å². The highest BCUT2D eigenvalue weighted by Gasteiger charge is 2.44. The Bertz CT molecular complexity index is 4590. The summed E-state index contributed by atoms with van der Waals surface area (Å²) in [6.07, 6.45) is 6.77. The molecule has 0 N–H and O–H groups in total. The highest BCUT2D eigenvalue weighted by molar-refractivity contribution is 7.20. The third kappa shape index (κ3) is 5.77. The summed E-state index contributed by atoms with van der Waals surface area (Å²) in [4.78, 5) is 0. The minimum atomic E-state index is -3.18. The van der Waals surface area contributed by atoms with Gasteiger partial charge in [-0.1, -0.05) is 133 Å². The summed E-state index contributed by atoms with van der Waals surface area (Å²) in [6.45, 7) is 0. The lowest BCUT2D eigenvalue weighted by Gasteiger charge is -2.35. The Morgan fingerprint density at radius 1 is 0.216 bits per heavy atom. The van der Waals surface area contributed by atoms with Crippen molar-refractivity contribution in [3.63, 3.8) is 0 Å². The van der Waals surface area contributed by atoms with E-state index in [4.69, 9.17) is 35.3 Å². The zero-order valence-electron chi connectivity index (χ0n) is 39.2. The summed E-state index contributed by atoms with van der Waals surface area (Å²) >= 11 is 0. The largest absolute Gasteiger partial charge is 0.433 e. The minimum Gasteiger partial charge on any atom is -0.433 e. The summed E-state index contributed by atoms with van der Waals surface area (Å²) in [7, 11) is -6.32. The van der Waals surface area contributed by atoms with Crippen LogP contribution in [0.1, 0.15) is 0 Å². The summed E-state index contributed by atoms with van der Waals surface area (Å²) in [6, 6.07) is 75.1. The molecule has 0 fully saturated rings. The molecular weight excluding hydrogens is 953 g/mol. The number of hydrogen-bond acceptors (Lipinski definition) is 8. The van der Waals surface area contributed by atoms with Crippen LogP contribution in [0, 0.1) is 0 Å². The van der Waals surface area contributed by atoms with Crippen LogP contribution in [0.2, 0.25) is 0 Å². The number of hydrogen-bond donors (Lipinski definition) is 0. The van der Waals surface area contributed by atoms with Crippen LogP contribution in [-0.2, 0) is 0 Å². The van der Waals surface area contributed by atoms with E-state index in [9.17, 15) is 0 Å². The smallest absolute Gasteiger partial charge is 0.298 e. The molecule has 0 aliphatic rings. The van der Waals surface area contributed by atoms with Gasteiger partial charge in [-0.15, -0.1) is 0 Å². The van der Waals surface area contributed by atoms with Crippen LogP contribution in [0.3, 0.4) is 0 Å². The molecule has 8 aromatic heterocycles. The van der Waals surface area contributed by atoms with Crippen molar-refractivity contribution in [1.29, 1.82) is 0 Å². The van der Waals surface area contributed by atoms with Crippen molar-refractivity contribution in [2.24, 2.45) is 0 Å². The van der Waals surface area contributed by atoms with Gasteiger partial charge in [-0.25, -0.2) is 0 Å². The highest BCUT2D eigenvalue weighted by Crippen LogP contribution is 2.34. The predicted molar refractivity (Wildman–Crippen MR) is 297 cm³/mol. The lowest BCUT2D eigenvalue weighted by molar-refractivity contribution is 0.498. The number of rotatable bonds is 9. The first-order valence-electron chi connectivity index (χ1n) is 24.5. The topological polar surface area (TPSA) is 105 Å². The van der Waals surface area contributed by atoms with Gasteiger partial charge in [-0.3, -0.25) is 0 Å². The van der Waals surface area contributed by atoms with E-state index < -0.39 is 16.1 Å². The van der Waals surface area contributed by atoms with E-state index in [1.807, 2.05) is 24.3 Å². The molecule has 8 aromatic carbocycles. The first-order valence-corrected chi connectivity index (χ1v) is 28.5. The van der Waals surface area contributed by atoms with E-state index in [2.05, 4.69) is 182 Å². The van der Waals surface area contributed by atoms with Crippen molar-refractivity contribution in [2.75, 3.05) is 0 Å². The molecule has 0 unspecified atom stereocenters. The van der Waals surface area contributed by atoms with Crippen LogP contribution in [-0.4, -0.2) is 16.1 Å². The molecule has 0 radical (unpaired) electrons. The SMILES string of the molecule is c1ccc([Si](c2ccc(-c3cccc([Si](c4ccccc4)(c4ccc5oc6occc6c5c4)c4ccc5oc6occc6c5c4)c3)cc2)(c2ccc3oc4occc4c3c2)c2ccc3oc4occc4c3c2)cc1. The monoisotopic (exact) mass is 990 g/mol. The van der Waals surface area contributed by atoms with Crippen LogP contribution in [0.15, 0.2) is 267 Å². The van der Waals surface area contributed by atoms with E-state index >= 15 is 0 Å². The van der Waals surface area contributed by atoms with Crippen molar-refractivity contribution in [3.05, 3.63) is 231 Å². The Labute approximate surface area is 421 Å². The van der Waals surface area contributed by atoms with Gasteiger partial charge in [0.25, 0.3) is 23.1 Å². The Morgan fingerprint density at radius 3 is 0.905 bits per heavy atom. The Balaban J connectivity index is 0.921. The van der Waals surface area contributed by atoms with Gasteiger partial charge in [0.05, 0.1) is 46.6 Å². The summed E-state index contributed by atoms with van der Waals surface area (Å²) in [5.41, 5.74) is 5.36. The van der Waals surface area contributed by atoms with Gasteiger partial charge in [0.1, 0.15) is 22.3 Å². The van der Waals surface area contributed by atoms with E-state index in [1.54, 1.807) is 25.1 Å². The van der Waals surface area contributed by atoms with E-state index in [0.717, 1.165) is 76.5 Å². The fraction of sp³-hybridized carbons (Fsp3) is 0.